The Morgan fingerprint density at radius 2 is 1.61 bits per heavy atom. The molecule has 7 heteroatoms. The maximum absolute atomic E-state index is 13.1. The Hall–Kier alpha value is -2.48. The van der Waals surface area contributed by atoms with Gasteiger partial charge in [0.2, 0.25) is 10.0 Å². The highest BCUT2D eigenvalue weighted by Crippen LogP contribution is 2.23. The number of quaternary nitrogens is 1. The van der Waals surface area contributed by atoms with E-state index in [1.165, 1.54) is 4.90 Å². The molecule has 0 radical (unpaired) electrons. The monoisotopic (exact) mass is 441 g/mol. The summed E-state index contributed by atoms with van der Waals surface area (Å²) in [6.45, 7) is 10.8. The van der Waals surface area contributed by atoms with Gasteiger partial charge in [-0.05, 0) is 62.1 Å². The molecule has 4 rings (SSSR count). The molecule has 0 aliphatic carbocycles. The molecule has 0 amide bonds. The lowest BCUT2D eigenvalue weighted by Gasteiger charge is -2.31. The molecule has 1 N–H and O–H groups in total. The van der Waals surface area contributed by atoms with Crippen LogP contribution in [0.5, 0.6) is 0 Å². The molecule has 1 aromatic heterocycles. The summed E-state index contributed by atoms with van der Waals surface area (Å²) in [7, 11) is -3.49. The Bertz CT molecular complexity index is 1300. The quantitative estimate of drug-likeness (QED) is 0.630. The van der Waals surface area contributed by atoms with E-state index in [-0.39, 0.29) is 5.63 Å². The standard InChI is InChI=1S/C24H28N2O4S/c1-16-5-7-21(13-18(16)3)31(28,29)26-11-9-25(10-12-26)15-20-14-23(27)30-24-19(4)17(2)6-8-22(20)24/h5-8,13-14H,9-12,15H2,1-4H3/p+1. The summed E-state index contributed by atoms with van der Waals surface area (Å²) in [5, 5.41) is 0.959. The predicted octanol–water partition coefficient (Wildman–Crippen LogP) is 2.12. The molecule has 2 aromatic carbocycles. The number of nitrogens with zero attached hydrogens (tertiary/aromatic N) is 1. The first-order chi connectivity index (χ1) is 14.7. The Morgan fingerprint density at radius 1 is 0.935 bits per heavy atom. The lowest BCUT2D eigenvalue weighted by molar-refractivity contribution is -0.917. The Kier molecular flexibility index (Phi) is 5.77. The largest absolute Gasteiger partial charge is 0.422 e. The Morgan fingerprint density at radius 3 is 2.29 bits per heavy atom. The van der Waals surface area contributed by atoms with Crippen LogP contribution in [-0.2, 0) is 16.6 Å². The molecule has 1 fully saturated rings. The predicted molar refractivity (Wildman–Crippen MR) is 121 cm³/mol. The molecular formula is C24H29N2O4S+. The number of fused-ring (bicyclic) bond motifs is 1. The van der Waals surface area contributed by atoms with Crippen LogP contribution < -0.4 is 10.5 Å². The topological polar surface area (TPSA) is 72.0 Å². The normalized spacial score (nSPS) is 16.1. The number of hydrogen-bond donors (Lipinski definition) is 1. The molecule has 6 nitrogen and oxygen atoms in total. The van der Waals surface area contributed by atoms with Crippen molar-refractivity contribution in [1.82, 2.24) is 4.31 Å². The van der Waals surface area contributed by atoms with Crippen LogP contribution in [-0.4, -0.2) is 38.9 Å². The van der Waals surface area contributed by atoms with E-state index in [0.29, 0.717) is 43.2 Å². The lowest BCUT2D eigenvalue weighted by Crippen LogP contribution is -3.13. The van der Waals surface area contributed by atoms with Crippen LogP contribution in [0.2, 0.25) is 0 Å². The van der Waals surface area contributed by atoms with Crippen LogP contribution in [0.4, 0.5) is 0 Å². The lowest BCUT2D eigenvalue weighted by atomic mass is 10.0. The highest BCUT2D eigenvalue weighted by atomic mass is 32.2. The van der Waals surface area contributed by atoms with Gasteiger partial charge in [-0.25, -0.2) is 13.2 Å². The van der Waals surface area contributed by atoms with Crippen molar-refractivity contribution in [3.8, 4) is 0 Å². The fraction of sp³-hybridized carbons (Fsp3) is 0.375. The fourth-order valence-electron chi connectivity index (χ4n) is 4.18. The Balaban J connectivity index is 1.52. The van der Waals surface area contributed by atoms with Gasteiger partial charge in [0.05, 0.1) is 31.1 Å². The van der Waals surface area contributed by atoms with Crippen molar-refractivity contribution in [2.75, 3.05) is 26.2 Å². The zero-order valence-electron chi connectivity index (χ0n) is 18.5. The highest BCUT2D eigenvalue weighted by molar-refractivity contribution is 7.89. The van der Waals surface area contributed by atoms with E-state index in [9.17, 15) is 13.2 Å². The van der Waals surface area contributed by atoms with Gasteiger partial charge >= 0.3 is 5.63 Å². The molecule has 1 aliphatic heterocycles. The van der Waals surface area contributed by atoms with Crippen LogP contribution >= 0.6 is 0 Å². The minimum Gasteiger partial charge on any atom is -0.422 e. The van der Waals surface area contributed by atoms with E-state index in [4.69, 9.17) is 4.42 Å². The molecular weight excluding hydrogens is 412 g/mol. The van der Waals surface area contributed by atoms with Crippen molar-refractivity contribution in [2.45, 2.75) is 39.1 Å². The first kappa shape index (κ1) is 21.7. The minimum atomic E-state index is -3.49. The van der Waals surface area contributed by atoms with E-state index >= 15 is 0 Å². The van der Waals surface area contributed by atoms with Crippen molar-refractivity contribution in [1.29, 1.82) is 0 Å². The summed E-state index contributed by atoms with van der Waals surface area (Å²) in [5.74, 6) is 0. The number of hydrogen-bond acceptors (Lipinski definition) is 4. The number of aryl methyl sites for hydroxylation is 4. The van der Waals surface area contributed by atoms with E-state index < -0.39 is 10.0 Å². The fourth-order valence-corrected chi connectivity index (χ4v) is 5.71. The average Bonchev–Trinajstić information content (AvgIpc) is 2.73. The summed E-state index contributed by atoms with van der Waals surface area (Å²) in [4.78, 5) is 13.8. The molecule has 1 saturated heterocycles. The number of piperazine rings is 1. The van der Waals surface area contributed by atoms with Gasteiger partial charge in [-0.2, -0.15) is 4.31 Å². The third-order valence-electron chi connectivity index (χ3n) is 6.50. The van der Waals surface area contributed by atoms with Crippen molar-refractivity contribution in [3.63, 3.8) is 0 Å². The third-order valence-corrected chi connectivity index (χ3v) is 8.40. The van der Waals surface area contributed by atoms with Crippen LogP contribution in [0.1, 0.15) is 27.8 Å². The van der Waals surface area contributed by atoms with Gasteiger partial charge in [-0.15, -0.1) is 0 Å². The number of benzene rings is 2. The molecule has 0 atom stereocenters. The van der Waals surface area contributed by atoms with Gasteiger partial charge in [0.15, 0.2) is 0 Å². The van der Waals surface area contributed by atoms with E-state index in [0.717, 1.165) is 33.2 Å². The average molecular weight is 442 g/mol. The van der Waals surface area contributed by atoms with Gasteiger partial charge in [0, 0.05) is 17.0 Å². The summed E-state index contributed by atoms with van der Waals surface area (Å²) in [6, 6.07) is 10.9. The molecule has 0 unspecified atom stereocenters. The van der Waals surface area contributed by atoms with Crippen LogP contribution in [0.15, 0.2) is 50.5 Å². The van der Waals surface area contributed by atoms with Gasteiger partial charge in [-0.3, -0.25) is 0 Å². The smallest absolute Gasteiger partial charge is 0.336 e. The maximum Gasteiger partial charge on any atom is 0.336 e. The zero-order chi connectivity index (χ0) is 22.3. The molecule has 0 spiro atoms. The zero-order valence-corrected chi connectivity index (χ0v) is 19.3. The van der Waals surface area contributed by atoms with Crippen molar-refractivity contribution in [3.05, 3.63) is 74.6 Å². The molecule has 31 heavy (non-hydrogen) atoms. The minimum absolute atomic E-state index is 0.341. The maximum atomic E-state index is 13.1. The van der Waals surface area contributed by atoms with E-state index in [1.807, 2.05) is 45.9 Å². The van der Waals surface area contributed by atoms with Crippen molar-refractivity contribution < 1.29 is 17.7 Å². The second kappa shape index (κ2) is 8.22. The summed E-state index contributed by atoms with van der Waals surface area (Å²) >= 11 is 0. The first-order valence-corrected chi connectivity index (χ1v) is 12.0. The van der Waals surface area contributed by atoms with Crippen LogP contribution in [0.3, 0.4) is 0 Å². The van der Waals surface area contributed by atoms with E-state index in [1.54, 1.807) is 22.5 Å². The second-order valence-corrected chi connectivity index (χ2v) is 10.5. The van der Waals surface area contributed by atoms with Gasteiger partial charge in [0.1, 0.15) is 12.1 Å². The van der Waals surface area contributed by atoms with Gasteiger partial charge < -0.3 is 9.32 Å². The second-order valence-electron chi connectivity index (χ2n) is 8.55. The van der Waals surface area contributed by atoms with Crippen LogP contribution in [0, 0.1) is 27.7 Å². The molecule has 0 bridgehead atoms. The van der Waals surface area contributed by atoms with Crippen molar-refractivity contribution >= 4 is 21.0 Å². The first-order valence-electron chi connectivity index (χ1n) is 10.6. The Labute approximate surface area is 183 Å². The molecule has 3 aromatic rings. The van der Waals surface area contributed by atoms with Gasteiger partial charge in [-0.1, -0.05) is 18.2 Å². The number of nitrogens with one attached hydrogen (secondary N) is 1. The summed E-state index contributed by atoms with van der Waals surface area (Å²) in [5.41, 5.74) is 5.39. The summed E-state index contributed by atoms with van der Waals surface area (Å²) < 4.78 is 33.2. The van der Waals surface area contributed by atoms with Gasteiger partial charge in [0.25, 0.3) is 0 Å². The number of sulfonamides is 1. The number of rotatable bonds is 4. The molecule has 1 aliphatic rings. The molecule has 2 heterocycles. The highest BCUT2D eigenvalue weighted by Gasteiger charge is 2.31. The summed E-state index contributed by atoms with van der Waals surface area (Å²) in [6.07, 6.45) is 0. The molecule has 0 saturated carbocycles. The third kappa shape index (κ3) is 4.18. The van der Waals surface area contributed by atoms with Crippen LogP contribution in [0.25, 0.3) is 11.0 Å². The molecule has 164 valence electrons. The SMILES string of the molecule is Cc1ccc(S(=O)(=O)N2CC[NH+](Cc3cc(=O)oc4c(C)c(C)ccc34)CC2)cc1C. The van der Waals surface area contributed by atoms with E-state index in [2.05, 4.69) is 0 Å². The van der Waals surface area contributed by atoms with Crippen molar-refractivity contribution in [2.24, 2.45) is 0 Å².